The summed E-state index contributed by atoms with van der Waals surface area (Å²) in [4.78, 5) is 29.6. The molecule has 0 saturated carbocycles. The molecule has 3 aromatic heterocycles. The van der Waals surface area contributed by atoms with Gasteiger partial charge in [0.25, 0.3) is 5.91 Å². The number of nitrogens with zero attached hydrogens (tertiary/aromatic N) is 5. The molecule has 8 heteroatoms. The Morgan fingerprint density at radius 2 is 1.82 bits per heavy atom. The van der Waals surface area contributed by atoms with Crippen molar-refractivity contribution in [3.8, 4) is 16.9 Å². The Balaban J connectivity index is 1.34. The van der Waals surface area contributed by atoms with Crippen molar-refractivity contribution < 1.29 is 4.79 Å². The lowest BCUT2D eigenvalue weighted by atomic mass is 10.1. The van der Waals surface area contributed by atoms with Gasteiger partial charge in [-0.2, -0.15) is 0 Å². The maximum Gasteiger partial charge on any atom is 0.257 e. The third kappa shape index (κ3) is 4.66. The van der Waals surface area contributed by atoms with Gasteiger partial charge in [-0.15, -0.1) is 0 Å². The van der Waals surface area contributed by atoms with Gasteiger partial charge in [0, 0.05) is 53.6 Å². The van der Waals surface area contributed by atoms with E-state index in [1.165, 1.54) is 6.20 Å². The summed E-state index contributed by atoms with van der Waals surface area (Å²) in [5, 5.41) is 6.17. The van der Waals surface area contributed by atoms with Crippen LogP contribution >= 0.6 is 0 Å². The maximum atomic E-state index is 12.5. The van der Waals surface area contributed by atoms with Gasteiger partial charge in [-0.1, -0.05) is 18.2 Å². The first kappa shape index (κ1) is 21.0. The van der Waals surface area contributed by atoms with E-state index in [9.17, 15) is 4.79 Å². The molecule has 0 aliphatic rings. The molecule has 8 nitrogen and oxygen atoms in total. The minimum atomic E-state index is -0.222. The molecule has 3 heterocycles. The van der Waals surface area contributed by atoms with Gasteiger partial charge in [0.05, 0.1) is 17.6 Å². The highest BCUT2D eigenvalue weighted by atomic mass is 16.1. The lowest BCUT2D eigenvalue weighted by Gasteiger charge is -2.12. The zero-order chi connectivity index (χ0) is 23.3. The molecule has 0 bridgehead atoms. The van der Waals surface area contributed by atoms with Crippen LogP contribution in [0.15, 0.2) is 98.0 Å². The van der Waals surface area contributed by atoms with Crippen LogP contribution in [0.4, 0.5) is 17.3 Å². The second kappa shape index (κ2) is 9.33. The van der Waals surface area contributed by atoms with Crippen LogP contribution in [0.3, 0.4) is 0 Å². The molecule has 0 aliphatic carbocycles. The van der Waals surface area contributed by atoms with Crippen molar-refractivity contribution in [1.82, 2.24) is 24.5 Å². The number of carbonyl (C=O) groups excluding carboxylic acids is 1. The average molecular weight is 448 g/mol. The molecule has 0 atom stereocenters. The number of nitrogens with one attached hydrogen (secondary N) is 2. The highest BCUT2D eigenvalue weighted by Gasteiger charge is 2.09. The number of imidazole rings is 1. The fraction of sp³-hybridized carbons (Fsp3) is 0.0385. The zero-order valence-electron chi connectivity index (χ0n) is 18.4. The average Bonchev–Trinajstić information content (AvgIpc) is 3.42. The Bertz CT molecular complexity index is 1420. The number of benzene rings is 2. The summed E-state index contributed by atoms with van der Waals surface area (Å²) in [6.07, 6.45) is 10.3. The first-order valence-corrected chi connectivity index (χ1v) is 10.7. The van der Waals surface area contributed by atoms with Crippen molar-refractivity contribution in [2.45, 2.75) is 6.92 Å². The minimum absolute atomic E-state index is 0.222. The number of hydrogen-bond donors (Lipinski definition) is 2. The molecular weight excluding hydrogens is 426 g/mol. The van der Waals surface area contributed by atoms with Crippen LogP contribution < -0.4 is 10.6 Å². The second-order valence-corrected chi connectivity index (χ2v) is 7.63. The van der Waals surface area contributed by atoms with E-state index in [2.05, 4.69) is 30.6 Å². The molecule has 5 rings (SSSR count). The largest absolute Gasteiger partial charge is 0.324 e. The van der Waals surface area contributed by atoms with E-state index in [4.69, 9.17) is 0 Å². The normalized spacial score (nSPS) is 10.6. The summed E-state index contributed by atoms with van der Waals surface area (Å²) in [6.45, 7) is 1.98. The molecule has 0 fully saturated rings. The number of aryl methyl sites for hydroxylation is 1. The Morgan fingerprint density at radius 1 is 0.941 bits per heavy atom. The van der Waals surface area contributed by atoms with Crippen molar-refractivity contribution in [3.63, 3.8) is 0 Å². The SMILES string of the molecule is Cc1ccc(NC(=O)c2cccnc2)cc1Nc1nccc(-c2ccc(-n3ccnc3)cc2)n1. The van der Waals surface area contributed by atoms with E-state index < -0.39 is 0 Å². The van der Waals surface area contributed by atoms with Gasteiger partial charge >= 0.3 is 0 Å². The van der Waals surface area contributed by atoms with Crippen LogP contribution in [-0.4, -0.2) is 30.4 Å². The lowest BCUT2D eigenvalue weighted by molar-refractivity contribution is 0.102. The monoisotopic (exact) mass is 447 g/mol. The van der Waals surface area contributed by atoms with Gasteiger partial charge in [0.1, 0.15) is 0 Å². The minimum Gasteiger partial charge on any atom is -0.324 e. The molecule has 2 aromatic carbocycles. The topological polar surface area (TPSA) is 97.6 Å². The van der Waals surface area contributed by atoms with Gasteiger partial charge < -0.3 is 15.2 Å². The first-order valence-electron chi connectivity index (χ1n) is 10.7. The Morgan fingerprint density at radius 3 is 2.59 bits per heavy atom. The third-order valence-corrected chi connectivity index (χ3v) is 5.29. The van der Waals surface area contributed by atoms with Crippen molar-refractivity contribution in [3.05, 3.63) is 109 Å². The van der Waals surface area contributed by atoms with Gasteiger partial charge in [0.15, 0.2) is 0 Å². The van der Waals surface area contributed by atoms with Crippen LogP contribution in [0.25, 0.3) is 16.9 Å². The van der Waals surface area contributed by atoms with Gasteiger partial charge in [-0.3, -0.25) is 9.78 Å². The number of rotatable bonds is 6. The van der Waals surface area contributed by atoms with E-state index >= 15 is 0 Å². The summed E-state index contributed by atoms with van der Waals surface area (Å²) in [7, 11) is 0. The predicted octanol–water partition coefficient (Wildman–Crippen LogP) is 5.03. The second-order valence-electron chi connectivity index (χ2n) is 7.63. The summed E-state index contributed by atoms with van der Waals surface area (Å²) < 4.78 is 1.94. The highest BCUT2D eigenvalue weighted by molar-refractivity contribution is 6.04. The Kier molecular flexibility index (Phi) is 5.77. The van der Waals surface area contributed by atoms with E-state index in [0.717, 1.165) is 28.2 Å². The molecule has 34 heavy (non-hydrogen) atoms. The van der Waals surface area contributed by atoms with Crippen LogP contribution in [0.1, 0.15) is 15.9 Å². The Labute approximate surface area is 196 Å². The van der Waals surface area contributed by atoms with E-state index in [1.54, 1.807) is 37.1 Å². The maximum absolute atomic E-state index is 12.5. The fourth-order valence-electron chi connectivity index (χ4n) is 3.45. The number of carbonyl (C=O) groups is 1. The van der Waals surface area contributed by atoms with Gasteiger partial charge in [-0.25, -0.2) is 15.0 Å². The summed E-state index contributed by atoms with van der Waals surface area (Å²) in [5.74, 6) is 0.246. The summed E-state index contributed by atoms with van der Waals surface area (Å²) in [5.41, 5.74) is 5.75. The molecule has 0 unspecified atom stereocenters. The number of hydrogen-bond acceptors (Lipinski definition) is 6. The number of amides is 1. The zero-order valence-corrected chi connectivity index (χ0v) is 18.4. The van der Waals surface area contributed by atoms with Crippen molar-refractivity contribution in [2.24, 2.45) is 0 Å². The molecule has 166 valence electrons. The van der Waals surface area contributed by atoms with Crippen LogP contribution in [0, 0.1) is 6.92 Å². The highest BCUT2D eigenvalue weighted by Crippen LogP contribution is 2.25. The fourth-order valence-corrected chi connectivity index (χ4v) is 3.45. The first-order chi connectivity index (χ1) is 16.7. The predicted molar refractivity (Wildman–Crippen MR) is 131 cm³/mol. The molecular formula is C26H21N7O. The number of pyridine rings is 1. The molecule has 1 amide bonds. The third-order valence-electron chi connectivity index (χ3n) is 5.29. The van der Waals surface area contributed by atoms with E-state index in [-0.39, 0.29) is 5.91 Å². The smallest absolute Gasteiger partial charge is 0.257 e. The van der Waals surface area contributed by atoms with Gasteiger partial charge in [0.2, 0.25) is 5.95 Å². The molecule has 0 saturated heterocycles. The van der Waals surface area contributed by atoms with Crippen molar-refractivity contribution in [2.75, 3.05) is 10.6 Å². The standard InChI is InChI=1S/C26H21N7O/c1-18-4-7-21(30-25(34)20-3-2-11-27-16-20)15-24(18)32-26-29-12-10-23(31-26)19-5-8-22(9-6-19)33-14-13-28-17-33/h2-17H,1H3,(H,30,34)(H,29,31,32). The number of aromatic nitrogens is 5. The van der Waals surface area contributed by atoms with E-state index in [1.807, 2.05) is 66.2 Å². The quantitative estimate of drug-likeness (QED) is 0.379. The van der Waals surface area contributed by atoms with Crippen molar-refractivity contribution >= 4 is 23.2 Å². The lowest BCUT2D eigenvalue weighted by Crippen LogP contribution is -2.12. The molecule has 0 aliphatic heterocycles. The van der Waals surface area contributed by atoms with Gasteiger partial charge in [-0.05, 0) is 55.0 Å². The molecule has 0 spiro atoms. The summed E-state index contributed by atoms with van der Waals surface area (Å²) >= 11 is 0. The summed E-state index contributed by atoms with van der Waals surface area (Å²) in [6, 6.07) is 19.0. The van der Waals surface area contributed by atoms with Crippen LogP contribution in [0.5, 0.6) is 0 Å². The molecule has 5 aromatic rings. The van der Waals surface area contributed by atoms with Crippen LogP contribution in [-0.2, 0) is 0 Å². The van der Waals surface area contributed by atoms with Crippen molar-refractivity contribution in [1.29, 1.82) is 0 Å². The Hall–Kier alpha value is -4.85. The van der Waals surface area contributed by atoms with Crippen LogP contribution in [0.2, 0.25) is 0 Å². The molecule has 0 radical (unpaired) electrons. The molecule has 2 N–H and O–H groups in total. The van der Waals surface area contributed by atoms with E-state index in [0.29, 0.717) is 17.2 Å². The number of anilines is 3.